The SMILES string of the molecule is CC(Cc1ccccc1)NC1CCC(C(C)(C)C)CC1. The Kier molecular flexibility index (Phi) is 5.26. The maximum atomic E-state index is 3.84. The summed E-state index contributed by atoms with van der Waals surface area (Å²) in [5.74, 6) is 0.907. The zero-order chi connectivity index (χ0) is 14.6. The second kappa shape index (κ2) is 6.76. The van der Waals surface area contributed by atoms with E-state index in [0.29, 0.717) is 11.5 Å². The van der Waals surface area contributed by atoms with Crippen molar-refractivity contribution in [2.75, 3.05) is 0 Å². The van der Waals surface area contributed by atoms with E-state index in [1.54, 1.807) is 0 Å². The standard InChI is InChI=1S/C19H31N/c1-15(14-16-8-6-5-7-9-16)20-18-12-10-17(11-13-18)19(2,3)4/h5-9,15,17-18,20H,10-14H2,1-4H3. The van der Waals surface area contributed by atoms with Gasteiger partial charge >= 0.3 is 0 Å². The van der Waals surface area contributed by atoms with Crippen molar-refractivity contribution in [2.24, 2.45) is 11.3 Å². The van der Waals surface area contributed by atoms with E-state index in [-0.39, 0.29) is 0 Å². The zero-order valence-electron chi connectivity index (χ0n) is 13.7. The van der Waals surface area contributed by atoms with Gasteiger partial charge < -0.3 is 5.32 Å². The number of rotatable bonds is 4. The van der Waals surface area contributed by atoms with Crippen molar-refractivity contribution < 1.29 is 0 Å². The van der Waals surface area contributed by atoms with Gasteiger partial charge in [0.15, 0.2) is 0 Å². The molecule has 0 heterocycles. The van der Waals surface area contributed by atoms with Crippen LogP contribution in [0.4, 0.5) is 0 Å². The molecule has 1 saturated carbocycles. The lowest BCUT2D eigenvalue weighted by Gasteiger charge is -2.38. The van der Waals surface area contributed by atoms with E-state index in [0.717, 1.165) is 18.4 Å². The number of hydrogen-bond acceptors (Lipinski definition) is 1. The molecule has 20 heavy (non-hydrogen) atoms. The van der Waals surface area contributed by atoms with E-state index in [1.807, 2.05) is 0 Å². The van der Waals surface area contributed by atoms with E-state index >= 15 is 0 Å². The summed E-state index contributed by atoms with van der Waals surface area (Å²) < 4.78 is 0. The Morgan fingerprint density at radius 1 is 1.05 bits per heavy atom. The molecular formula is C19H31N. The molecule has 2 rings (SSSR count). The molecule has 1 aliphatic rings. The Bertz CT molecular complexity index is 382. The third-order valence-electron chi connectivity index (χ3n) is 4.86. The van der Waals surface area contributed by atoms with Crippen molar-refractivity contribution in [1.82, 2.24) is 5.32 Å². The Morgan fingerprint density at radius 2 is 1.65 bits per heavy atom. The largest absolute Gasteiger partial charge is 0.311 e. The molecular weight excluding hydrogens is 242 g/mol. The van der Waals surface area contributed by atoms with Crippen molar-refractivity contribution in [2.45, 2.75) is 71.9 Å². The average Bonchev–Trinajstić information content (AvgIpc) is 2.39. The van der Waals surface area contributed by atoms with E-state index in [2.05, 4.69) is 63.3 Å². The lowest BCUT2D eigenvalue weighted by Crippen LogP contribution is -2.41. The second-order valence-corrected chi connectivity index (χ2v) is 7.67. The fourth-order valence-electron chi connectivity index (χ4n) is 3.56. The average molecular weight is 273 g/mol. The molecule has 1 aromatic carbocycles. The van der Waals surface area contributed by atoms with Crippen molar-refractivity contribution in [3.63, 3.8) is 0 Å². The fraction of sp³-hybridized carbons (Fsp3) is 0.684. The van der Waals surface area contributed by atoms with Crippen LogP contribution in [0.15, 0.2) is 30.3 Å². The third-order valence-corrected chi connectivity index (χ3v) is 4.86. The predicted molar refractivity (Wildman–Crippen MR) is 87.9 cm³/mol. The normalized spacial score (nSPS) is 25.4. The predicted octanol–water partition coefficient (Wildman–Crippen LogP) is 4.81. The molecule has 1 N–H and O–H groups in total. The van der Waals surface area contributed by atoms with Gasteiger partial charge in [0.25, 0.3) is 0 Å². The molecule has 0 spiro atoms. The first-order chi connectivity index (χ1) is 9.45. The van der Waals surface area contributed by atoms with E-state index < -0.39 is 0 Å². The maximum Gasteiger partial charge on any atom is 0.00817 e. The first-order valence-electron chi connectivity index (χ1n) is 8.25. The van der Waals surface area contributed by atoms with E-state index in [1.165, 1.54) is 31.2 Å². The van der Waals surface area contributed by atoms with Gasteiger partial charge in [-0.25, -0.2) is 0 Å². The quantitative estimate of drug-likeness (QED) is 0.830. The first-order valence-corrected chi connectivity index (χ1v) is 8.25. The molecule has 0 aromatic heterocycles. The van der Waals surface area contributed by atoms with Crippen LogP contribution in [0.5, 0.6) is 0 Å². The zero-order valence-corrected chi connectivity index (χ0v) is 13.7. The summed E-state index contributed by atoms with van der Waals surface area (Å²) in [6.45, 7) is 9.50. The van der Waals surface area contributed by atoms with Crippen LogP contribution in [0.3, 0.4) is 0 Å². The van der Waals surface area contributed by atoms with Crippen LogP contribution in [0.25, 0.3) is 0 Å². The highest BCUT2D eigenvalue weighted by molar-refractivity contribution is 5.15. The summed E-state index contributed by atoms with van der Waals surface area (Å²) in [5, 5.41) is 3.84. The lowest BCUT2D eigenvalue weighted by atomic mass is 9.71. The van der Waals surface area contributed by atoms with Gasteiger partial charge in [-0.1, -0.05) is 51.1 Å². The van der Waals surface area contributed by atoms with Crippen LogP contribution < -0.4 is 5.32 Å². The molecule has 0 radical (unpaired) electrons. The topological polar surface area (TPSA) is 12.0 Å². The molecule has 0 aliphatic heterocycles. The molecule has 1 fully saturated rings. The summed E-state index contributed by atoms with van der Waals surface area (Å²) in [6.07, 6.45) is 6.61. The third kappa shape index (κ3) is 4.63. The Hall–Kier alpha value is -0.820. The van der Waals surface area contributed by atoms with Gasteiger partial charge in [0.1, 0.15) is 0 Å². The Balaban J connectivity index is 1.75. The Labute approximate surface area is 125 Å². The van der Waals surface area contributed by atoms with Gasteiger partial charge in [-0.2, -0.15) is 0 Å². The van der Waals surface area contributed by atoms with Crippen molar-refractivity contribution in [1.29, 1.82) is 0 Å². The summed E-state index contributed by atoms with van der Waals surface area (Å²) >= 11 is 0. The Morgan fingerprint density at radius 3 is 2.20 bits per heavy atom. The molecule has 1 atom stereocenters. The van der Waals surface area contributed by atoms with Crippen LogP contribution in [0.1, 0.15) is 58.9 Å². The van der Waals surface area contributed by atoms with Crippen LogP contribution in [0, 0.1) is 11.3 Å². The molecule has 112 valence electrons. The van der Waals surface area contributed by atoms with Gasteiger partial charge in [-0.05, 0) is 55.9 Å². The molecule has 1 nitrogen and oxygen atoms in total. The van der Waals surface area contributed by atoms with Crippen LogP contribution in [0.2, 0.25) is 0 Å². The molecule has 0 saturated heterocycles. The highest BCUT2D eigenvalue weighted by Crippen LogP contribution is 2.37. The van der Waals surface area contributed by atoms with Crippen LogP contribution >= 0.6 is 0 Å². The van der Waals surface area contributed by atoms with Crippen LogP contribution in [-0.2, 0) is 6.42 Å². The molecule has 0 bridgehead atoms. The van der Waals surface area contributed by atoms with Gasteiger partial charge in [0, 0.05) is 12.1 Å². The van der Waals surface area contributed by atoms with Gasteiger partial charge in [0.05, 0.1) is 0 Å². The molecule has 0 amide bonds. The minimum absolute atomic E-state index is 0.487. The van der Waals surface area contributed by atoms with Gasteiger partial charge in [-0.15, -0.1) is 0 Å². The summed E-state index contributed by atoms with van der Waals surface area (Å²) in [5.41, 5.74) is 1.93. The number of nitrogens with one attached hydrogen (secondary N) is 1. The maximum absolute atomic E-state index is 3.84. The van der Waals surface area contributed by atoms with Gasteiger partial charge in [0.2, 0.25) is 0 Å². The smallest absolute Gasteiger partial charge is 0.00817 e. The highest BCUT2D eigenvalue weighted by atomic mass is 14.9. The monoisotopic (exact) mass is 273 g/mol. The van der Waals surface area contributed by atoms with Crippen LogP contribution in [-0.4, -0.2) is 12.1 Å². The van der Waals surface area contributed by atoms with Gasteiger partial charge in [-0.3, -0.25) is 0 Å². The first kappa shape index (κ1) is 15.6. The minimum Gasteiger partial charge on any atom is -0.311 e. The summed E-state index contributed by atoms with van der Waals surface area (Å²) in [4.78, 5) is 0. The summed E-state index contributed by atoms with van der Waals surface area (Å²) in [6, 6.07) is 12.1. The van der Waals surface area contributed by atoms with Crippen molar-refractivity contribution >= 4 is 0 Å². The number of benzene rings is 1. The minimum atomic E-state index is 0.487. The molecule has 1 heteroatoms. The molecule has 1 unspecified atom stereocenters. The second-order valence-electron chi connectivity index (χ2n) is 7.67. The molecule has 1 aromatic rings. The van der Waals surface area contributed by atoms with E-state index in [4.69, 9.17) is 0 Å². The number of hydrogen-bond donors (Lipinski definition) is 1. The summed E-state index contributed by atoms with van der Waals surface area (Å²) in [7, 11) is 0. The highest BCUT2D eigenvalue weighted by Gasteiger charge is 2.29. The molecule has 1 aliphatic carbocycles. The van der Waals surface area contributed by atoms with Crippen molar-refractivity contribution in [3.8, 4) is 0 Å². The van der Waals surface area contributed by atoms with Crippen molar-refractivity contribution in [3.05, 3.63) is 35.9 Å². The lowest BCUT2D eigenvalue weighted by molar-refractivity contribution is 0.157. The van der Waals surface area contributed by atoms with E-state index in [9.17, 15) is 0 Å². The fourth-order valence-corrected chi connectivity index (χ4v) is 3.56.